The second-order valence-electron chi connectivity index (χ2n) is 7.96. The smallest absolute Gasteiger partial charge is 0.320 e. The van der Waals surface area contributed by atoms with Crippen LogP contribution in [0.15, 0.2) is 0 Å². The Morgan fingerprint density at radius 1 is 0.871 bits per heavy atom. The molecule has 0 radical (unpaired) electrons. The van der Waals surface area contributed by atoms with Gasteiger partial charge >= 0.3 is 50.5 Å². The zero-order valence-electron chi connectivity index (χ0n) is 19.9. The molecule has 0 spiro atoms. The number of hydrogen-bond acceptors (Lipinski definition) is 7. The zero-order valence-corrected chi connectivity index (χ0v) is 21.9. The van der Waals surface area contributed by atoms with E-state index in [0.29, 0.717) is 6.42 Å². The Kier molecular flexibility index (Phi) is 27.8. The summed E-state index contributed by atoms with van der Waals surface area (Å²) < 4.78 is 1.39. The number of aliphatic hydroxyl groups is 2. The van der Waals surface area contributed by atoms with Crippen LogP contribution in [0.4, 0.5) is 0 Å². The van der Waals surface area contributed by atoms with Crippen LogP contribution in [0.3, 0.4) is 0 Å². The molecule has 2 atom stereocenters. The number of carboxylic acid groups (broad SMARTS) is 2. The SMILES string of the molecule is CCCCCCCCCCCCC(O)C(N)(N)O.C[CH2][Na].NC(CCC(=O)O)C(=O)O. The number of hydrogen-bond donors (Lipinski definition) is 7. The molecule has 0 aromatic carbocycles. The van der Waals surface area contributed by atoms with Crippen LogP contribution in [0.1, 0.15) is 97.3 Å². The van der Waals surface area contributed by atoms with Crippen molar-refractivity contribution in [2.45, 2.75) is 119 Å². The fraction of sp³-hybridized carbons (Fsp3) is 0.905. The van der Waals surface area contributed by atoms with Gasteiger partial charge in [0.1, 0.15) is 12.1 Å². The van der Waals surface area contributed by atoms with E-state index in [-0.39, 0.29) is 12.8 Å². The zero-order chi connectivity index (χ0) is 24.7. The van der Waals surface area contributed by atoms with Crippen molar-refractivity contribution in [3.8, 4) is 0 Å². The molecule has 0 fully saturated rings. The molecule has 10 N–H and O–H groups in total. The Morgan fingerprint density at radius 2 is 1.26 bits per heavy atom. The first-order valence-electron chi connectivity index (χ1n) is 11.6. The maximum atomic E-state index is 9.99. The first kappa shape index (κ1) is 35.3. The van der Waals surface area contributed by atoms with Crippen molar-refractivity contribution in [3.05, 3.63) is 0 Å². The van der Waals surface area contributed by atoms with E-state index in [2.05, 4.69) is 13.8 Å². The summed E-state index contributed by atoms with van der Waals surface area (Å²) in [4.78, 5) is 19.9. The van der Waals surface area contributed by atoms with E-state index in [9.17, 15) is 14.7 Å². The van der Waals surface area contributed by atoms with Gasteiger partial charge in [0.05, 0.1) is 0 Å². The predicted octanol–water partition coefficient (Wildman–Crippen LogP) is 2.08. The Hall–Kier alpha value is -0.260. The molecule has 0 amide bonds. The second-order valence-corrected chi connectivity index (χ2v) is 9.37. The molecule has 2 unspecified atom stereocenters. The monoisotopic (exact) mass is 459 g/mol. The first-order chi connectivity index (χ1) is 14.4. The van der Waals surface area contributed by atoms with E-state index in [1.165, 1.54) is 83.0 Å². The van der Waals surface area contributed by atoms with E-state index in [4.69, 9.17) is 32.5 Å². The summed E-state index contributed by atoms with van der Waals surface area (Å²) in [5, 5.41) is 34.8. The summed E-state index contributed by atoms with van der Waals surface area (Å²) in [6.07, 6.45) is 11.7. The van der Waals surface area contributed by atoms with Gasteiger partial charge in [0.25, 0.3) is 0 Å². The average molecular weight is 460 g/mol. The number of carboxylic acids is 2. The number of aliphatic carboxylic acids is 2. The van der Waals surface area contributed by atoms with Crippen LogP contribution in [-0.4, -0.2) is 78.3 Å². The molecule has 0 aliphatic carbocycles. The molecule has 0 saturated carbocycles. The fourth-order valence-electron chi connectivity index (χ4n) is 2.46. The number of nitrogens with two attached hydrogens (primary N) is 3. The molecular weight excluding hydrogens is 413 g/mol. The van der Waals surface area contributed by atoms with Crippen molar-refractivity contribution in [2.24, 2.45) is 17.2 Å². The third kappa shape index (κ3) is 32.0. The Morgan fingerprint density at radius 3 is 1.58 bits per heavy atom. The predicted molar refractivity (Wildman–Crippen MR) is 125 cm³/mol. The van der Waals surface area contributed by atoms with Crippen molar-refractivity contribution in [2.75, 3.05) is 0 Å². The van der Waals surface area contributed by atoms with Gasteiger partial charge in [-0.2, -0.15) is 0 Å². The van der Waals surface area contributed by atoms with Gasteiger partial charge in [-0.05, 0) is 12.8 Å². The maximum Gasteiger partial charge on any atom is 0.320 e. The van der Waals surface area contributed by atoms with E-state index in [0.717, 1.165) is 12.8 Å². The van der Waals surface area contributed by atoms with Gasteiger partial charge < -0.3 is 26.2 Å². The normalized spacial score (nSPS) is 12.7. The standard InChI is InChI=1S/C14H32N2O2.C5H9NO4.C2H5.Na/c1-2-3-4-5-6-7-8-9-10-11-12-13(17)14(15,16)18;6-3(5(9)10)1-2-4(7)8;1-2;/h13,17-18H,2-12,15-16H2,1H3;3H,1-2,6H2,(H,7,8)(H,9,10);1H2,2H3;. The minimum absolute atomic E-state index is 0.0231. The molecule has 0 saturated heterocycles. The quantitative estimate of drug-likeness (QED) is 0.103. The topological polar surface area (TPSA) is 193 Å². The summed E-state index contributed by atoms with van der Waals surface area (Å²) >= 11 is 1.37. The van der Waals surface area contributed by atoms with Gasteiger partial charge in [0.2, 0.25) is 0 Å². The molecule has 0 heterocycles. The third-order valence-corrected chi connectivity index (χ3v) is 4.35. The molecule has 0 bridgehead atoms. The van der Waals surface area contributed by atoms with Gasteiger partial charge in [-0.3, -0.25) is 21.1 Å². The van der Waals surface area contributed by atoms with Gasteiger partial charge in [0, 0.05) is 6.42 Å². The van der Waals surface area contributed by atoms with E-state index < -0.39 is 29.9 Å². The van der Waals surface area contributed by atoms with Crippen molar-refractivity contribution in [1.82, 2.24) is 0 Å². The van der Waals surface area contributed by atoms with Crippen molar-refractivity contribution in [1.29, 1.82) is 0 Å². The Labute approximate surface area is 205 Å². The molecular formula is C21H46N3NaO6. The molecule has 0 aromatic heterocycles. The van der Waals surface area contributed by atoms with Crippen LogP contribution in [0, 0.1) is 0 Å². The molecule has 0 aliphatic heterocycles. The minimum Gasteiger partial charge on any atom is -0.481 e. The first-order valence-corrected chi connectivity index (χ1v) is 13.0. The largest absolute Gasteiger partial charge is 0.481 e. The van der Waals surface area contributed by atoms with Crippen molar-refractivity contribution >= 4 is 39.9 Å². The summed E-state index contributed by atoms with van der Waals surface area (Å²) in [7, 11) is 0. The maximum absolute atomic E-state index is 9.99. The van der Waals surface area contributed by atoms with Crippen LogP contribution < -0.4 is 17.2 Å². The van der Waals surface area contributed by atoms with Crippen LogP contribution in [0.25, 0.3) is 0 Å². The van der Waals surface area contributed by atoms with Crippen LogP contribution in [0.2, 0.25) is 3.67 Å². The average Bonchev–Trinajstić information content (AvgIpc) is 2.67. The Balaban J connectivity index is -0.000000506. The van der Waals surface area contributed by atoms with Crippen LogP contribution in [-0.2, 0) is 9.59 Å². The molecule has 10 heteroatoms. The minimum atomic E-state index is -1.95. The van der Waals surface area contributed by atoms with E-state index >= 15 is 0 Å². The molecule has 9 nitrogen and oxygen atoms in total. The van der Waals surface area contributed by atoms with E-state index in [1.807, 2.05) is 0 Å². The van der Waals surface area contributed by atoms with Gasteiger partial charge in [-0.1, -0.05) is 71.1 Å². The summed E-state index contributed by atoms with van der Waals surface area (Å²) in [6.45, 7) is 4.42. The summed E-state index contributed by atoms with van der Waals surface area (Å²) in [5.41, 5.74) is 15.4. The summed E-state index contributed by atoms with van der Waals surface area (Å²) in [6, 6.07) is -1.06. The fourth-order valence-corrected chi connectivity index (χ4v) is 2.46. The van der Waals surface area contributed by atoms with E-state index in [1.54, 1.807) is 0 Å². The molecule has 31 heavy (non-hydrogen) atoms. The Bertz CT molecular complexity index is 422. The van der Waals surface area contributed by atoms with Gasteiger partial charge in [-0.25, -0.2) is 0 Å². The second kappa shape index (κ2) is 24.4. The van der Waals surface area contributed by atoms with Crippen LogP contribution >= 0.6 is 0 Å². The molecule has 0 aliphatic rings. The van der Waals surface area contributed by atoms with Crippen molar-refractivity contribution < 1.29 is 30.0 Å². The molecule has 0 rings (SSSR count). The molecule has 0 aromatic rings. The van der Waals surface area contributed by atoms with Gasteiger partial charge in [0.15, 0.2) is 5.85 Å². The number of aliphatic hydroxyl groups excluding tert-OH is 1. The van der Waals surface area contributed by atoms with Gasteiger partial charge in [-0.15, -0.1) is 0 Å². The number of rotatable bonds is 16. The number of unbranched alkanes of at least 4 members (excludes halogenated alkanes) is 9. The third-order valence-electron chi connectivity index (χ3n) is 4.35. The van der Waals surface area contributed by atoms with Crippen LogP contribution in [0.5, 0.6) is 0 Å². The van der Waals surface area contributed by atoms with Crippen molar-refractivity contribution in [3.63, 3.8) is 0 Å². The molecule has 182 valence electrons. The summed E-state index contributed by atoms with van der Waals surface area (Å²) in [5.74, 6) is -4.14. The number of carbonyl (C=O) groups is 2.